The van der Waals surface area contributed by atoms with Crippen molar-refractivity contribution >= 4 is 39.0 Å². The Morgan fingerprint density at radius 2 is 1.24 bits per heavy atom. The van der Waals surface area contributed by atoms with Gasteiger partial charge in [-0.1, -0.05) is 54.6 Å². The molecule has 0 unspecified atom stereocenters. The average molecular weight is 422 g/mol. The van der Waals surface area contributed by atoms with Gasteiger partial charge in [-0.05, 0) is 48.5 Å². The first kappa shape index (κ1) is 18.0. The maximum Gasteiger partial charge on any atom is 0.178 e. The van der Waals surface area contributed by atoms with E-state index in [4.69, 9.17) is 9.97 Å². The summed E-state index contributed by atoms with van der Waals surface area (Å²) in [4.78, 5) is 16.6. The number of benzene rings is 4. The van der Waals surface area contributed by atoms with Crippen LogP contribution in [0.5, 0.6) is 0 Å². The van der Waals surface area contributed by atoms with Gasteiger partial charge in [-0.3, -0.25) is 0 Å². The number of nitrogens with zero attached hydrogens (tertiary/aromatic N) is 4. The standard InChI is InChI=1S/C29H18N4/c1-3-9-19(10-4-1)33(20-11-5-2-6-12-20)25-17-16-23-26-21(25)13-7-14-22(26)28-27(23)31-24-15-8-18-30-29(24)32-28/h1-18H. The van der Waals surface area contributed by atoms with E-state index in [1.165, 1.54) is 10.8 Å². The maximum atomic E-state index is 4.95. The Morgan fingerprint density at radius 1 is 0.545 bits per heavy atom. The van der Waals surface area contributed by atoms with Crippen LogP contribution in [0, 0.1) is 0 Å². The number of para-hydroxylation sites is 2. The second-order valence-corrected chi connectivity index (χ2v) is 8.13. The van der Waals surface area contributed by atoms with Gasteiger partial charge < -0.3 is 4.90 Å². The lowest BCUT2D eigenvalue weighted by Crippen LogP contribution is -2.10. The zero-order valence-corrected chi connectivity index (χ0v) is 17.7. The average Bonchev–Trinajstić information content (AvgIpc) is 3.19. The number of rotatable bonds is 3. The van der Waals surface area contributed by atoms with E-state index in [2.05, 4.69) is 88.7 Å². The Kier molecular flexibility index (Phi) is 3.81. The third-order valence-corrected chi connectivity index (χ3v) is 6.24. The minimum absolute atomic E-state index is 0.677. The van der Waals surface area contributed by atoms with E-state index in [-0.39, 0.29) is 0 Å². The number of fused-ring (bicyclic) bond motifs is 4. The van der Waals surface area contributed by atoms with Crippen LogP contribution in [0.2, 0.25) is 0 Å². The molecule has 154 valence electrons. The molecular weight excluding hydrogens is 404 g/mol. The zero-order valence-electron chi connectivity index (χ0n) is 17.7. The van der Waals surface area contributed by atoms with E-state index < -0.39 is 0 Å². The third-order valence-electron chi connectivity index (χ3n) is 6.24. The minimum atomic E-state index is 0.677. The van der Waals surface area contributed by atoms with Crippen LogP contribution in [-0.2, 0) is 0 Å². The van der Waals surface area contributed by atoms with Gasteiger partial charge in [0.05, 0.1) is 17.1 Å². The van der Waals surface area contributed by atoms with Crippen LogP contribution in [0.1, 0.15) is 0 Å². The van der Waals surface area contributed by atoms with Gasteiger partial charge in [-0.25, -0.2) is 15.0 Å². The van der Waals surface area contributed by atoms with Gasteiger partial charge in [0.1, 0.15) is 5.52 Å². The molecule has 4 heteroatoms. The molecule has 2 aromatic heterocycles. The van der Waals surface area contributed by atoms with Gasteiger partial charge in [0.2, 0.25) is 0 Å². The van der Waals surface area contributed by atoms with Crippen LogP contribution < -0.4 is 4.90 Å². The van der Waals surface area contributed by atoms with Crippen LogP contribution in [0.25, 0.3) is 44.5 Å². The summed E-state index contributed by atoms with van der Waals surface area (Å²) in [7, 11) is 0. The summed E-state index contributed by atoms with van der Waals surface area (Å²) in [6, 6.07) is 35.7. The Hall–Kier alpha value is -4.57. The molecule has 33 heavy (non-hydrogen) atoms. The summed E-state index contributed by atoms with van der Waals surface area (Å²) >= 11 is 0. The molecule has 4 nitrogen and oxygen atoms in total. The summed E-state index contributed by atoms with van der Waals surface area (Å²) in [5.41, 5.74) is 8.93. The molecule has 0 aliphatic heterocycles. The Labute approximate surface area is 190 Å². The monoisotopic (exact) mass is 422 g/mol. The smallest absolute Gasteiger partial charge is 0.178 e. The van der Waals surface area contributed by atoms with Crippen LogP contribution in [-0.4, -0.2) is 15.0 Å². The number of aromatic nitrogens is 3. The van der Waals surface area contributed by atoms with E-state index in [0.29, 0.717) is 5.65 Å². The van der Waals surface area contributed by atoms with Crippen molar-refractivity contribution in [2.24, 2.45) is 0 Å². The van der Waals surface area contributed by atoms with Crippen molar-refractivity contribution in [3.8, 4) is 22.5 Å². The predicted molar refractivity (Wildman–Crippen MR) is 134 cm³/mol. The van der Waals surface area contributed by atoms with Crippen LogP contribution >= 0.6 is 0 Å². The molecule has 0 saturated carbocycles. The Balaban J connectivity index is 1.52. The molecular formula is C29H18N4. The highest BCUT2D eigenvalue weighted by Gasteiger charge is 2.27. The van der Waals surface area contributed by atoms with E-state index in [0.717, 1.165) is 45.1 Å². The van der Waals surface area contributed by atoms with Gasteiger partial charge in [0, 0.05) is 39.5 Å². The third kappa shape index (κ3) is 2.68. The number of anilines is 3. The fourth-order valence-corrected chi connectivity index (χ4v) is 4.83. The summed E-state index contributed by atoms with van der Waals surface area (Å²) < 4.78 is 0. The molecule has 0 atom stereocenters. The van der Waals surface area contributed by atoms with Gasteiger partial charge in [-0.15, -0.1) is 0 Å². The van der Waals surface area contributed by atoms with E-state index in [9.17, 15) is 0 Å². The highest BCUT2D eigenvalue weighted by molar-refractivity contribution is 6.18. The van der Waals surface area contributed by atoms with Crippen LogP contribution in [0.15, 0.2) is 109 Å². The number of hydrogen-bond donors (Lipinski definition) is 0. The highest BCUT2D eigenvalue weighted by atomic mass is 15.1. The molecule has 2 heterocycles. The molecule has 0 spiro atoms. The van der Waals surface area contributed by atoms with Crippen molar-refractivity contribution in [1.29, 1.82) is 0 Å². The quantitative estimate of drug-likeness (QED) is 0.300. The highest BCUT2D eigenvalue weighted by Crippen LogP contribution is 2.49. The van der Waals surface area contributed by atoms with E-state index in [1.54, 1.807) is 6.20 Å². The summed E-state index contributed by atoms with van der Waals surface area (Å²) in [6.45, 7) is 0. The number of pyridine rings is 1. The fraction of sp³-hybridized carbons (Fsp3) is 0. The minimum Gasteiger partial charge on any atom is -0.310 e. The molecule has 6 aromatic rings. The molecule has 1 aliphatic carbocycles. The Bertz CT molecular complexity index is 1570. The molecule has 0 fully saturated rings. The van der Waals surface area contributed by atoms with Crippen LogP contribution in [0.3, 0.4) is 0 Å². The molecule has 1 aliphatic rings. The lowest BCUT2D eigenvalue weighted by molar-refractivity contribution is 1.24. The maximum absolute atomic E-state index is 4.95. The largest absolute Gasteiger partial charge is 0.310 e. The topological polar surface area (TPSA) is 41.9 Å². The fourth-order valence-electron chi connectivity index (χ4n) is 4.83. The lowest BCUT2D eigenvalue weighted by Gasteiger charge is -2.27. The van der Waals surface area contributed by atoms with Crippen molar-refractivity contribution in [3.05, 3.63) is 109 Å². The number of hydrogen-bond acceptors (Lipinski definition) is 4. The lowest BCUT2D eigenvalue weighted by atomic mass is 10.0. The molecule has 4 aromatic carbocycles. The van der Waals surface area contributed by atoms with Crippen molar-refractivity contribution in [2.45, 2.75) is 0 Å². The summed E-state index contributed by atoms with van der Waals surface area (Å²) in [5, 5.41) is 2.37. The van der Waals surface area contributed by atoms with E-state index in [1.807, 2.05) is 24.3 Å². The van der Waals surface area contributed by atoms with Gasteiger partial charge >= 0.3 is 0 Å². The first-order valence-electron chi connectivity index (χ1n) is 11.0. The van der Waals surface area contributed by atoms with Gasteiger partial charge in [0.15, 0.2) is 5.65 Å². The van der Waals surface area contributed by atoms with Crippen LogP contribution in [0.4, 0.5) is 17.1 Å². The first-order chi connectivity index (χ1) is 16.4. The second kappa shape index (κ2) is 6.97. The van der Waals surface area contributed by atoms with Crippen molar-refractivity contribution < 1.29 is 0 Å². The Morgan fingerprint density at radius 3 is 2.00 bits per heavy atom. The van der Waals surface area contributed by atoms with Crippen molar-refractivity contribution in [3.63, 3.8) is 0 Å². The molecule has 0 saturated heterocycles. The molecule has 0 N–H and O–H groups in total. The molecule has 0 radical (unpaired) electrons. The predicted octanol–water partition coefficient (Wildman–Crippen LogP) is 7.30. The first-order valence-corrected chi connectivity index (χ1v) is 11.0. The SMILES string of the molecule is c1ccc(N(c2ccccc2)c2ccc3c4c(cccc24)-c2nc4ncccc4nc2-3)cc1. The normalized spacial score (nSPS) is 11.6. The van der Waals surface area contributed by atoms with Gasteiger partial charge in [-0.2, -0.15) is 0 Å². The summed E-state index contributed by atoms with van der Waals surface area (Å²) in [6.07, 6.45) is 1.77. The van der Waals surface area contributed by atoms with Crippen molar-refractivity contribution in [1.82, 2.24) is 15.0 Å². The van der Waals surface area contributed by atoms with E-state index >= 15 is 0 Å². The molecule has 7 rings (SSSR count). The molecule has 0 amide bonds. The van der Waals surface area contributed by atoms with Crippen molar-refractivity contribution in [2.75, 3.05) is 4.90 Å². The van der Waals surface area contributed by atoms with Gasteiger partial charge in [0.25, 0.3) is 0 Å². The summed E-state index contributed by atoms with van der Waals surface area (Å²) in [5.74, 6) is 0. The second-order valence-electron chi connectivity index (χ2n) is 8.13. The zero-order chi connectivity index (χ0) is 21.8. The molecule has 0 bridgehead atoms.